The average molecular weight is 552 g/mol. The minimum atomic E-state index is -0.338. The van der Waals surface area contributed by atoms with E-state index in [4.69, 9.17) is 12.2 Å². The second-order valence-electron chi connectivity index (χ2n) is 9.81. The van der Waals surface area contributed by atoms with Gasteiger partial charge in [-0.1, -0.05) is 49.0 Å². The first-order chi connectivity index (χ1) is 18.3. The number of rotatable bonds is 5. The van der Waals surface area contributed by atoms with Crippen LogP contribution in [0.3, 0.4) is 0 Å². The van der Waals surface area contributed by atoms with Gasteiger partial charge in [0.1, 0.15) is 27.6 Å². The quantitative estimate of drug-likeness (QED) is 0.395. The van der Waals surface area contributed by atoms with Gasteiger partial charge in [-0.25, -0.2) is 4.39 Å². The lowest BCUT2D eigenvalue weighted by Crippen LogP contribution is -2.49. The smallest absolute Gasteiger partial charge is 0.270 e. The average Bonchev–Trinajstić information content (AvgIpc) is 3.53. The third-order valence-corrected chi connectivity index (χ3v) is 9.05. The maximum atomic E-state index is 14.4. The molecule has 5 rings (SSSR count). The molecule has 3 heterocycles. The number of thiocarbonyl (C=S) groups is 1. The summed E-state index contributed by atoms with van der Waals surface area (Å²) in [6, 6.07) is 8.95. The summed E-state index contributed by atoms with van der Waals surface area (Å²) in [6.07, 6.45) is 5.91. The molecule has 2 aliphatic heterocycles. The fourth-order valence-electron chi connectivity index (χ4n) is 5.73. The molecule has 2 aromatic rings. The van der Waals surface area contributed by atoms with Crippen LogP contribution in [-0.4, -0.2) is 51.9 Å². The van der Waals surface area contributed by atoms with Gasteiger partial charge >= 0.3 is 0 Å². The molecule has 1 amide bonds. The van der Waals surface area contributed by atoms with Crippen molar-refractivity contribution in [3.05, 3.63) is 62.0 Å². The van der Waals surface area contributed by atoms with Crippen molar-refractivity contribution < 1.29 is 9.18 Å². The fourth-order valence-corrected chi connectivity index (χ4v) is 7.12. The van der Waals surface area contributed by atoms with Crippen molar-refractivity contribution in [1.29, 1.82) is 5.26 Å². The maximum Gasteiger partial charge on any atom is 0.270 e. The van der Waals surface area contributed by atoms with Crippen molar-refractivity contribution in [2.45, 2.75) is 52.1 Å². The lowest BCUT2D eigenvalue weighted by molar-refractivity contribution is -0.123. The first-order valence-electron chi connectivity index (χ1n) is 13.0. The zero-order chi connectivity index (χ0) is 27.0. The second kappa shape index (κ2) is 10.9. The number of pyridine rings is 1. The molecule has 1 aliphatic carbocycles. The summed E-state index contributed by atoms with van der Waals surface area (Å²) in [4.78, 5) is 33.2. The molecule has 0 spiro atoms. The number of nitriles is 1. The van der Waals surface area contributed by atoms with Crippen LogP contribution in [0, 0.1) is 24.1 Å². The number of halogens is 1. The van der Waals surface area contributed by atoms with E-state index in [1.54, 1.807) is 28.5 Å². The minimum absolute atomic E-state index is 0.0816. The van der Waals surface area contributed by atoms with Gasteiger partial charge in [0.05, 0.1) is 10.6 Å². The maximum absolute atomic E-state index is 14.4. The van der Waals surface area contributed by atoms with Gasteiger partial charge in [0, 0.05) is 44.3 Å². The SMILES string of the molecule is CCn1c(N2CCN(c3ccccc3F)CC2)c(/C=C2/SC(=S)N(C3CCCC3)C2=O)c(C)c(C#N)c1=O. The van der Waals surface area contributed by atoms with Crippen LogP contribution in [0.15, 0.2) is 34.0 Å². The van der Waals surface area contributed by atoms with E-state index in [9.17, 15) is 19.2 Å². The highest BCUT2D eigenvalue weighted by Gasteiger charge is 2.38. The monoisotopic (exact) mass is 551 g/mol. The molecule has 198 valence electrons. The van der Waals surface area contributed by atoms with E-state index in [0.29, 0.717) is 64.6 Å². The third kappa shape index (κ3) is 4.63. The van der Waals surface area contributed by atoms with Crippen LogP contribution in [0.2, 0.25) is 0 Å². The van der Waals surface area contributed by atoms with Crippen molar-refractivity contribution in [2.75, 3.05) is 36.0 Å². The van der Waals surface area contributed by atoms with Crippen LogP contribution in [0.5, 0.6) is 0 Å². The normalized spacial score (nSPS) is 19.6. The second-order valence-corrected chi connectivity index (χ2v) is 11.5. The number of carbonyl (C=O) groups is 1. The molecule has 1 aromatic heterocycles. The van der Waals surface area contributed by atoms with E-state index in [1.807, 2.05) is 24.0 Å². The number of piperazine rings is 1. The first-order valence-corrected chi connectivity index (χ1v) is 14.3. The molecule has 3 fully saturated rings. The zero-order valence-electron chi connectivity index (χ0n) is 21.6. The van der Waals surface area contributed by atoms with E-state index in [0.717, 1.165) is 25.7 Å². The molecule has 1 aromatic carbocycles. The number of nitrogens with zero attached hydrogens (tertiary/aromatic N) is 5. The summed E-state index contributed by atoms with van der Waals surface area (Å²) in [6.45, 7) is 6.28. The molecule has 38 heavy (non-hydrogen) atoms. The van der Waals surface area contributed by atoms with Crippen LogP contribution in [0.4, 0.5) is 15.9 Å². The van der Waals surface area contributed by atoms with Gasteiger partial charge in [-0.2, -0.15) is 5.26 Å². The molecule has 7 nitrogen and oxygen atoms in total. The van der Waals surface area contributed by atoms with Crippen molar-refractivity contribution >= 4 is 51.8 Å². The van der Waals surface area contributed by atoms with E-state index in [-0.39, 0.29) is 28.9 Å². The summed E-state index contributed by atoms with van der Waals surface area (Å²) in [7, 11) is 0. The number of hydrogen-bond acceptors (Lipinski definition) is 7. The number of aromatic nitrogens is 1. The number of benzene rings is 1. The predicted molar refractivity (Wildman–Crippen MR) is 154 cm³/mol. The van der Waals surface area contributed by atoms with E-state index in [2.05, 4.69) is 11.0 Å². The summed E-state index contributed by atoms with van der Waals surface area (Å²) in [5.41, 5.74) is 1.55. The predicted octanol–water partition coefficient (Wildman–Crippen LogP) is 4.66. The molecule has 3 aliphatic rings. The van der Waals surface area contributed by atoms with Gasteiger partial charge in [0.25, 0.3) is 11.5 Å². The van der Waals surface area contributed by atoms with E-state index >= 15 is 0 Å². The minimum Gasteiger partial charge on any atom is -0.366 e. The summed E-state index contributed by atoms with van der Waals surface area (Å²) in [5, 5.41) is 9.83. The van der Waals surface area contributed by atoms with Gasteiger partial charge in [0.15, 0.2) is 0 Å². The Labute approximate surface area is 231 Å². The Morgan fingerprint density at radius 2 is 1.79 bits per heavy atom. The zero-order valence-corrected chi connectivity index (χ0v) is 23.2. The highest BCUT2D eigenvalue weighted by Crippen LogP contribution is 2.39. The highest BCUT2D eigenvalue weighted by atomic mass is 32.2. The summed E-state index contributed by atoms with van der Waals surface area (Å²) < 4.78 is 16.6. The Morgan fingerprint density at radius 3 is 2.42 bits per heavy atom. The standard InChI is InChI=1S/C28H30FN5O2S2/c1-3-33-25(32-14-12-31(13-15-32)23-11-7-6-10-22(23)29)20(18(2)21(17-30)26(33)35)16-24-27(36)34(28(37)38-24)19-8-4-5-9-19/h6-7,10-11,16,19H,3-5,8-9,12-15H2,1-2H3/b24-16+. The van der Waals surface area contributed by atoms with Gasteiger partial charge in [-0.05, 0) is 50.5 Å². The number of carbonyl (C=O) groups excluding carboxylic acids is 1. The molecule has 0 unspecified atom stereocenters. The molecule has 0 bridgehead atoms. The molecule has 2 saturated heterocycles. The largest absolute Gasteiger partial charge is 0.366 e. The summed E-state index contributed by atoms with van der Waals surface area (Å²) >= 11 is 6.89. The molecular weight excluding hydrogens is 521 g/mol. The van der Waals surface area contributed by atoms with Crippen LogP contribution in [-0.2, 0) is 11.3 Å². The first kappa shape index (κ1) is 26.4. The van der Waals surface area contributed by atoms with Crippen molar-refractivity contribution in [3.63, 3.8) is 0 Å². The van der Waals surface area contributed by atoms with Gasteiger partial charge < -0.3 is 9.80 Å². The van der Waals surface area contributed by atoms with Gasteiger partial charge in [-0.15, -0.1) is 0 Å². The van der Waals surface area contributed by atoms with Crippen LogP contribution in [0.1, 0.15) is 49.3 Å². The van der Waals surface area contributed by atoms with Crippen molar-refractivity contribution in [3.8, 4) is 6.07 Å². The fraction of sp³-hybridized carbons (Fsp3) is 0.429. The Balaban J connectivity index is 1.54. The van der Waals surface area contributed by atoms with Crippen molar-refractivity contribution in [1.82, 2.24) is 9.47 Å². The molecular formula is C28H30FN5O2S2. The van der Waals surface area contributed by atoms with Gasteiger partial charge in [0.2, 0.25) is 0 Å². The molecule has 10 heteroatoms. The number of hydrogen-bond donors (Lipinski definition) is 0. The summed E-state index contributed by atoms with van der Waals surface area (Å²) in [5.74, 6) is 0.327. The van der Waals surface area contributed by atoms with Crippen LogP contribution >= 0.6 is 24.0 Å². The lowest BCUT2D eigenvalue weighted by Gasteiger charge is -2.39. The highest BCUT2D eigenvalue weighted by molar-refractivity contribution is 8.26. The number of thioether (sulfide) groups is 1. The van der Waals surface area contributed by atoms with Crippen LogP contribution < -0.4 is 15.4 Å². The van der Waals surface area contributed by atoms with E-state index in [1.165, 1.54) is 17.8 Å². The van der Waals surface area contributed by atoms with E-state index < -0.39 is 0 Å². The topological polar surface area (TPSA) is 72.6 Å². The van der Waals surface area contributed by atoms with Gasteiger partial charge in [-0.3, -0.25) is 19.1 Å². The lowest BCUT2D eigenvalue weighted by atomic mass is 10.0. The Morgan fingerprint density at radius 1 is 1.13 bits per heavy atom. The Bertz CT molecular complexity index is 1420. The molecule has 0 N–H and O–H groups in total. The number of para-hydroxylation sites is 1. The Hall–Kier alpha value is -3.16. The van der Waals surface area contributed by atoms with Crippen LogP contribution in [0.25, 0.3) is 6.08 Å². The molecule has 0 radical (unpaired) electrons. The number of amides is 1. The molecule has 1 saturated carbocycles. The van der Waals surface area contributed by atoms with Crippen molar-refractivity contribution in [2.24, 2.45) is 0 Å². The molecule has 0 atom stereocenters. The number of anilines is 2. The third-order valence-electron chi connectivity index (χ3n) is 7.72. The Kier molecular flexibility index (Phi) is 7.59.